The molecule has 4 heteroatoms. The molecule has 0 fully saturated rings. The van der Waals surface area contributed by atoms with Gasteiger partial charge in [0.15, 0.2) is 5.78 Å². The summed E-state index contributed by atoms with van der Waals surface area (Å²) >= 11 is 0. The van der Waals surface area contributed by atoms with Crippen molar-refractivity contribution in [1.29, 1.82) is 0 Å². The van der Waals surface area contributed by atoms with Gasteiger partial charge >= 0.3 is 0 Å². The van der Waals surface area contributed by atoms with E-state index in [1.54, 1.807) is 0 Å². The van der Waals surface area contributed by atoms with Crippen LogP contribution in [-0.4, -0.2) is 24.5 Å². The molecule has 0 amide bonds. The van der Waals surface area contributed by atoms with Gasteiger partial charge in [-0.1, -0.05) is 62.4 Å². The van der Waals surface area contributed by atoms with Crippen LogP contribution in [0.15, 0.2) is 53.5 Å². The van der Waals surface area contributed by atoms with Crippen molar-refractivity contribution < 1.29 is 14.6 Å². The second kappa shape index (κ2) is 7.09. The molecule has 0 radical (unpaired) electrons. The Morgan fingerprint density at radius 3 is 2.08 bits per heavy atom. The lowest BCUT2D eigenvalue weighted by atomic mass is 9.98. The van der Waals surface area contributed by atoms with E-state index in [1.165, 1.54) is 18.1 Å². The number of Topliss-reactive ketones (excluding diaryl/α,β-unsaturated/α-hetero) is 1. The number of rotatable bonds is 5. The zero-order valence-electron chi connectivity index (χ0n) is 14.7. The van der Waals surface area contributed by atoms with Crippen molar-refractivity contribution in [3.63, 3.8) is 0 Å². The minimum atomic E-state index is -0.671. The van der Waals surface area contributed by atoms with Crippen LogP contribution in [0.5, 0.6) is 0 Å². The molecule has 0 saturated heterocycles. The molecular weight excluding hydrogens is 314 g/mol. The fourth-order valence-corrected chi connectivity index (χ4v) is 3.45. The molecule has 3 rings (SSSR count). The van der Waals surface area contributed by atoms with Gasteiger partial charge in [0.2, 0.25) is 0 Å². The normalized spacial score (nSPS) is 15.0. The van der Waals surface area contributed by atoms with Crippen molar-refractivity contribution in [2.75, 3.05) is 6.61 Å². The molecule has 0 N–H and O–H groups in total. The molecular formula is C21H22NO3-. The summed E-state index contributed by atoms with van der Waals surface area (Å²) in [4.78, 5) is 15.5. The molecule has 1 atom stereocenters. The lowest BCUT2D eigenvalue weighted by Crippen LogP contribution is -2.30. The molecule has 0 heterocycles. The fourth-order valence-electron chi connectivity index (χ4n) is 3.45. The van der Waals surface area contributed by atoms with E-state index in [-0.39, 0.29) is 24.2 Å². The van der Waals surface area contributed by atoms with E-state index >= 15 is 0 Å². The van der Waals surface area contributed by atoms with Gasteiger partial charge in [-0.25, -0.2) is 0 Å². The molecule has 0 aromatic heterocycles. The number of ether oxygens (including phenoxy) is 1. The van der Waals surface area contributed by atoms with Crippen LogP contribution in [0.3, 0.4) is 0 Å². The Kier molecular flexibility index (Phi) is 4.88. The summed E-state index contributed by atoms with van der Waals surface area (Å²) in [6.45, 7) is 5.41. The van der Waals surface area contributed by atoms with E-state index in [4.69, 9.17) is 4.74 Å². The summed E-state index contributed by atoms with van der Waals surface area (Å²) in [7, 11) is 0. The largest absolute Gasteiger partial charge is 0.599 e. The van der Waals surface area contributed by atoms with Gasteiger partial charge in [-0.05, 0) is 35.1 Å². The van der Waals surface area contributed by atoms with Crippen LogP contribution >= 0.6 is 0 Å². The van der Waals surface area contributed by atoms with Crippen molar-refractivity contribution in [2.24, 2.45) is 10.9 Å². The van der Waals surface area contributed by atoms with E-state index in [0.29, 0.717) is 0 Å². The predicted molar refractivity (Wildman–Crippen MR) is 96.4 cm³/mol. The smallest absolute Gasteiger partial charge is 0.154 e. The van der Waals surface area contributed by atoms with E-state index < -0.39 is 12.1 Å². The Labute approximate surface area is 148 Å². The van der Waals surface area contributed by atoms with Crippen molar-refractivity contribution in [2.45, 2.75) is 32.7 Å². The minimum Gasteiger partial charge on any atom is -0.599 e. The molecule has 2 aromatic carbocycles. The van der Waals surface area contributed by atoms with E-state index in [2.05, 4.69) is 29.3 Å². The summed E-state index contributed by atoms with van der Waals surface area (Å²) in [6.07, 6.45) is -0.671. The Morgan fingerprint density at radius 2 is 1.60 bits per heavy atom. The highest BCUT2D eigenvalue weighted by atomic mass is 16.6. The van der Waals surface area contributed by atoms with Gasteiger partial charge in [0, 0.05) is 12.5 Å². The molecule has 25 heavy (non-hydrogen) atoms. The average Bonchev–Trinajstić information content (AvgIpc) is 2.91. The Hall–Kier alpha value is -2.62. The number of ketones is 1. The summed E-state index contributed by atoms with van der Waals surface area (Å²) < 4.78 is 5.41. The van der Waals surface area contributed by atoms with Gasteiger partial charge < -0.3 is 9.84 Å². The third kappa shape index (κ3) is 3.43. The molecule has 0 unspecified atom stereocenters. The lowest BCUT2D eigenvalue weighted by molar-refractivity contribution is -0.251. The third-order valence-electron chi connectivity index (χ3n) is 4.63. The first-order chi connectivity index (χ1) is 12.0. The maximum absolute atomic E-state index is 12.1. The maximum atomic E-state index is 12.1. The van der Waals surface area contributed by atoms with Crippen LogP contribution < -0.4 is 5.11 Å². The Balaban J connectivity index is 1.81. The number of aliphatic imine (C=N–C) groups is 1. The molecule has 0 spiro atoms. The van der Waals surface area contributed by atoms with E-state index in [1.807, 2.05) is 38.1 Å². The average molecular weight is 336 g/mol. The van der Waals surface area contributed by atoms with Gasteiger partial charge in [0.25, 0.3) is 0 Å². The monoisotopic (exact) mass is 336 g/mol. The first-order valence-electron chi connectivity index (χ1n) is 8.55. The highest BCUT2D eigenvalue weighted by molar-refractivity contribution is 5.84. The van der Waals surface area contributed by atoms with E-state index in [0.717, 1.165) is 11.1 Å². The summed E-state index contributed by atoms with van der Waals surface area (Å²) in [5, 5.41) is 12.1. The number of carbonyl (C=O) groups is 1. The number of hydrogen-bond donors (Lipinski definition) is 0. The van der Waals surface area contributed by atoms with E-state index in [9.17, 15) is 9.90 Å². The first-order valence-corrected chi connectivity index (χ1v) is 8.55. The topological polar surface area (TPSA) is 61.7 Å². The highest BCUT2D eigenvalue weighted by Crippen LogP contribution is 2.44. The fraction of sp³-hybridized carbons (Fsp3) is 0.333. The molecule has 2 aromatic rings. The second-order valence-electron chi connectivity index (χ2n) is 6.73. The Morgan fingerprint density at radius 1 is 1.08 bits per heavy atom. The number of fused-ring (bicyclic) bond motifs is 3. The molecule has 130 valence electrons. The standard InChI is InChI=1S/C21H23NO3/c1-13(2)20(14(3)23)22-21(24)25-12-19-17-10-6-4-8-15(17)16-9-5-7-11-18(16)19/h4-11,13,19-20H,12H2,1-3H3,(H,22,24)/p-1/t20-/m1/s1. The molecule has 0 bridgehead atoms. The zero-order chi connectivity index (χ0) is 18.0. The van der Waals surface area contributed by atoms with Gasteiger partial charge in [-0.2, -0.15) is 0 Å². The number of nitrogens with zero attached hydrogens (tertiary/aromatic N) is 1. The minimum absolute atomic E-state index is 0.00128. The SMILES string of the molecule is CC(=O)[C@H](N=C([O-])OCC1c2ccccc2-c2ccccc21)C(C)C. The summed E-state index contributed by atoms with van der Waals surface area (Å²) in [5.74, 6) is -0.150. The van der Waals surface area contributed by atoms with Gasteiger partial charge in [-0.15, -0.1) is 0 Å². The number of benzene rings is 2. The van der Waals surface area contributed by atoms with Crippen LogP contribution in [-0.2, 0) is 9.53 Å². The van der Waals surface area contributed by atoms with Crippen molar-refractivity contribution in [3.05, 3.63) is 59.7 Å². The first kappa shape index (κ1) is 17.2. The Bertz CT molecular complexity index is 765. The lowest BCUT2D eigenvalue weighted by Gasteiger charge is -2.23. The molecule has 0 aliphatic heterocycles. The van der Waals surface area contributed by atoms with Crippen LogP contribution in [0, 0.1) is 5.92 Å². The van der Waals surface area contributed by atoms with Crippen LogP contribution in [0.1, 0.15) is 37.8 Å². The number of carbonyl (C=O) groups excluding carboxylic acids is 1. The van der Waals surface area contributed by atoms with Gasteiger partial charge in [0.05, 0.1) is 0 Å². The molecule has 4 nitrogen and oxygen atoms in total. The highest BCUT2D eigenvalue weighted by Gasteiger charge is 2.27. The predicted octanol–water partition coefficient (Wildman–Crippen LogP) is 3.15. The van der Waals surface area contributed by atoms with Crippen molar-refractivity contribution >= 4 is 11.9 Å². The summed E-state index contributed by atoms with van der Waals surface area (Å²) in [6, 6.07) is 15.7. The summed E-state index contributed by atoms with van der Waals surface area (Å²) in [5.41, 5.74) is 4.67. The molecule has 0 saturated carbocycles. The quantitative estimate of drug-likeness (QED) is 0.622. The zero-order valence-corrected chi connectivity index (χ0v) is 14.7. The van der Waals surface area contributed by atoms with Crippen molar-refractivity contribution in [3.8, 4) is 11.1 Å². The third-order valence-corrected chi connectivity index (χ3v) is 4.63. The van der Waals surface area contributed by atoms with Crippen LogP contribution in [0.2, 0.25) is 0 Å². The van der Waals surface area contributed by atoms with Gasteiger partial charge in [-0.3, -0.25) is 9.79 Å². The van der Waals surface area contributed by atoms with Crippen LogP contribution in [0.4, 0.5) is 0 Å². The molecule has 1 aliphatic rings. The molecule has 1 aliphatic carbocycles. The van der Waals surface area contributed by atoms with Crippen molar-refractivity contribution in [1.82, 2.24) is 0 Å². The number of hydrogen-bond acceptors (Lipinski definition) is 4. The maximum Gasteiger partial charge on any atom is 0.154 e. The second-order valence-corrected chi connectivity index (χ2v) is 6.73. The van der Waals surface area contributed by atoms with Gasteiger partial charge in [0.1, 0.15) is 12.1 Å². The van der Waals surface area contributed by atoms with Crippen LogP contribution in [0.25, 0.3) is 11.1 Å².